The van der Waals surface area contributed by atoms with Crippen molar-refractivity contribution in [1.29, 1.82) is 0 Å². The van der Waals surface area contributed by atoms with Gasteiger partial charge in [-0.2, -0.15) is 0 Å². The van der Waals surface area contributed by atoms with Gasteiger partial charge in [0.05, 0.1) is 11.4 Å². The highest BCUT2D eigenvalue weighted by Gasteiger charge is 2.11. The summed E-state index contributed by atoms with van der Waals surface area (Å²) in [5.41, 5.74) is 6.24. The topological polar surface area (TPSA) is 51.6 Å². The molecule has 4 nitrogen and oxygen atoms in total. The molecule has 0 saturated heterocycles. The molecule has 4 rings (SSSR count). The summed E-state index contributed by atoms with van der Waals surface area (Å²) in [4.78, 5) is 17.6. The molecule has 0 aliphatic carbocycles. The van der Waals surface area contributed by atoms with Gasteiger partial charge >= 0.3 is 0 Å². The van der Waals surface area contributed by atoms with Crippen molar-refractivity contribution in [2.45, 2.75) is 6.42 Å². The molecule has 0 unspecified atom stereocenters. The van der Waals surface area contributed by atoms with Gasteiger partial charge in [-0.05, 0) is 47.5 Å². The van der Waals surface area contributed by atoms with Gasteiger partial charge in [0.1, 0.15) is 0 Å². The third-order valence-electron chi connectivity index (χ3n) is 4.03. The second-order valence-corrected chi connectivity index (χ2v) is 5.68. The van der Waals surface area contributed by atoms with Crippen molar-refractivity contribution in [2.24, 2.45) is 0 Å². The highest BCUT2D eigenvalue weighted by molar-refractivity contribution is 5.66. The predicted molar refractivity (Wildman–Crippen MR) is 97.7 cm³/mol. The summed E-state index contributed by atoms with van der Waals surface area (Å²) in [6.45, 7) is 0. The Morgan fingerprint density at radius 3 is 1.48 bits per heavy atom. The van der Waals surface area contributed by atoms with Gasteiger partial charge in [0.25, 0.3) is 0 Å². The molecule has 0 N–H and O–H groups in total. The Kier molecular flexibility index (Phi) is 4.25. The maximum Gasteiger partial charge on any atom is 0.0752 e. The minimum atomic E-state index is 0.746. The monoisotopic (exact) mass is 324 g/mol. The molecular formula is C21H16N4. The van der Waals surface area contributed by atoms with E-state index in [1.807, 2.05) is 61.2 Å². The summed E-state index contributed by atoms with van der Waals surface area (Å²) in [6.07, 6.45) is 11.6. The minimum absolute atomic E-state index is 0.746. The van der Waals surface area contributed by atoms with E-state index in [9.17, 15) is 0 Å². The van der Waals surface area contributed by atoms with E-state index in [0.29, 0.717) is 0 Å². The van der Waals surface area contributed by atoms with Crippen LogP contribution in [0, 0.1) is 0 Å². The van der Waals surface area contributed by atoms with Gasteiger partial charge in [-0.1, -0.05) is 12.1 Å². The first-order chi connectivity index (χ1) is 12.4. The highest BCUT2D eigenvalue weighted by atomic mass is 14.7. The van der Waals surface area contributed by atoms with Gasteiger partial charge in [-0.15, -0.1) is 0 Å². The average molecular weight is 324 g/mol. The van der Waals surface area contributed by atoms with Crippen molar-refractivity contribution >= 4 is 0 Å². The second kappa shape index (κ2) is 7.01. The molecule has 0 saturated carbocycles. The largest absolute Gasteiger partial charge is 0.264 e. The maximum atomic E-state index is 4.57. The van der Waals surface area contributed by atoms with Crippen LogP contribution >= 0.6 is 0 Å². The standard InChI is InChI=1S/C21H16N4/c1-7-18(14-22-9-1)20-16(5-3-11-24-20)13-17-6-4-12-25-21(17)19-8-2-10-23-15-19/h1-12,14-15H,13H2. The Morgan fingerprint density at radius 2 is 1.04 bits per heavy atom. The van der Waals surface area contributed by atoms with Gasteiger partial charge in [-0.3, -0.25) is 19.9 Å². The van der Waals surface area contributed by atoms with Crippen LogP contribution in [0.1, 0.15) is 11.1 Å². The van der Waals surface area contributed by atoms with Crippen molar-refractivity contribution in [3.8, 4) is 22.5 Å². The first-order valence-corrected chi connectivity index (χ1v) is 8.10. The smallest absolute Gasteiger partial charge is 0.0752 e. The van der Waals surface area contributed by atoms with Crippen LogP contribution in [0.3, 0.4) is 0 Å². The van der Waals surface area contributed by atoms with E-state index >= 15 is 0 Å². The lowest BCUT2D eigenvalue weighted by molar-refractivity contribution is 1.12. The summed E-state index contributed by atoms with van der Waals surface area (Å²) >= 11 is 0. The molecule has 0 radical (unpaired) electrons. The third kappa shape index (κ3) is 3.28. The molecule has 0 spiro atoms. The summed E-state index contributed by atoms with van der Waals surface area (Å²) in [7, 11) is 0. The van der Waals surface area contributed by atoms with Crippen LogP contribution in [-0.4, -0.2) is 19.9 Å². The predicted octanol–water partition coefficient (Wildman–Crippen LogP) is 4.19. The quantitative estimate of drug-likeness (QED) is 0.565. The second-order valence-electron chi connectivity index (χ2n) is 5.68. The molecule has 4 aromatic heterocycles. The molecule has 4 heteroatoms. The SMILES string of the molecule is c1cncc(-c2ncccc2Cc2cccnc2-c2cccnc2)c1. The number of pyridine rings is 4. The van der Waals surface area contributed by atoms with Gasteiger partial charge < -0.3 is 0 Å². The van der Waals surface area contributed by atoms with Crippen LogP contribution in [0.4, 0.5) is 0 Å². The van der Waals surface area contributed by atoms with E-state index in [4.69, 9.17) is 0 Å². The molecule has 0 atom stereocenters. The van der Waals surface area contributed by atoms with Crippen LogP contribution in [-0.2, 0) is 6.42 Å². The van der Waals surface area contributed by atoms with Crippen molar-refractivity contribution in [3.63, 3.8) is 0 Å². The molecular weight excluding hydrogens is 308 g/mol. The Bertz CT molecular complexity index is 888. The van der Waals surface area contributed by atoms with Gasteiger partial charge in [0.2, 0.25) is 0 Å². The molecule has 0 aliphatic heterocycles. The fourth-order valence-electron chi connectivity index (χ4n) is 2.89. The minimum Gasteiger partial charge on any atom is -0.264 e. The lowest BCUT2D eigenvalue weighted by Gasteiger charge is -2.11. The molecule has 120 valence electrons. The summed E-state index contributed by atoms with van der Waals surface area (Å²) in [5.74, 6) is 0. The van der Waals surface area contributed by atoms with Gasteiger partial charge in [0.15, 0.2) is 0 Å². The van der Waals surface area contributed by atoms with E-state index < -0.39 is 0 Å². The molecule has 4 aromatic rings. The Morgan fingerprint density at radius 1 is 0.560 bits per heavy atom. The first kappa shape index (κ1) is 15.1. The van der Waals surface area contributed by atoms with E-state index in [2.05, 4.69) is 32.1 Å². The van der Waals surface area contributed by atoms with Gasteiger partial charge in [-0.25, -0.2) is 0 Å². The van der Waals surface area contributed by atoms with Gasteiger partial charge in [0, 0.05) is 54.7 Å². The molecule has 0 aromatic carbocycles. The summed E-state index contributed by atoms with van der Waals surface area (Å²) in [5, 5.41) is 0. The fourth-order valence-corrected chi connectivity index (χ4v) is 2.89. The molecule has 0 amide bonds. The van der Waals surface area contributed by atoms with E-state index in [1.54, 1.807) is 12.4 Å². The normalized spacial score (nSPS) is 10.6. The number of hydrogen-bond donors (Lipinski definition) is 0. The maximum absolute atomic E-state index is 4.57. The lowest BCUT2D eigenvalue weighted by atomic mass is 9.97. The third-order valence-corrected chi connectivity index (χ3v) is 4.03. The molecule has 0 aliphatic rings. The van der Waals surface area contributed by atoms with E-state index in [1.165, 1.54) is 0 Å². The van der Waals surface area contributed by atoms with Crippen LogP contribution in [0.15, 0.2) is 85.7 Å². The molecule has 25 heavy (non-hydrogen) atoms. The van der Waals surface area contributed by atoms with Crippen LogP contribution in [0.5, 0.6) is 0 Å². The Labute approximate surface area is 146 Å². The number of hydrogen-bond acceptors (Lipinski definition) is 4. The Hall–Kier alpha value is -3.40. The Balaban J connectivity index is 1.76. The zero-order chi connectivity index (χ0) is 16.9. The van der Waals surface area contributed by atoms with Crippen molar-refractivity contribution in [3.05, 3.63) is 96.8 Å². The fraction of sp³-hybridized carbons (Fsp3) is 0.0476. The number of rotatable bonds is 4. The van der Waals surface area contributed by atoms with Crippen molar-refractivity contribution in [2.75, 3.05) is 0 Å². The molecule has 0 fully saturated rings. The highest BCUT2D eigenvalue weighted by Crippen LogP contribution is 2.26. The number of aromatic nitrogens is 4. The van der Waals surface area contributed by atoms with E-state index in [-0.39, 0.29) is 0 Å². The van der Waals surface area contributed by atoms with Crippen LogP contribution in [0.25, 0.3) is 22.5 Å². The average Bonchev–Trinajstić information content (AvgIpc) is 2.70. The van der Waals surface area contributed by atoms with Crippen molar-refractivity contribution < 1.29 is 0 Å². The molecule has 4 heterocycles. The first-order valence-electron chi connectivity index (χ1n) is 8.10. The van der Waals surface area contributed by atoms with Crippen molar-refractivity contribution in [1.82, 2.24) is 19.9 Å². The number of nitrogens with zero attached hydrogens (tertiary/aromatic N) is 4. The zero-order valence-corrected chi connectivity index (χ0v) is 13.6. The van der Waals surface area contributed by atoms with Crippen LogP contribution in [0.2, 0.25) is 0 Å². The summed E-state index contributed by atoms with van der Waals surface area (Å²) < 4.78 is 0. The summed E-state index contributed by atoms with van der Waals surface area (Å²) in [6, 6.07) is 16.1. The lowest BCUT2D eigenvalue weighted by Crippen LogP contribution is -1.98. The van der Waals surface area contributed by atoms with E-state index in [0.717, 1.165) is 40.1 Å². The zero-order valence-electron chi connectivity index (χ0n) is 13.6. The van der Waals surface area contributed by atoms with Crippen LogP contribution < -0.4 is 0 Å². The molecule has 0 bridgehead atoms.